The summed E-state index contributed by atoms with van der Waals surface area (Å²) >= 11 is 5.26. The third-order valence-electron chi connectivity index (χ3n) is 3.54. The molecule has 0 fully saturated rings. The van der Waals surface area contributed by atoms with Crippen molar-refractivity contribution in [2.45, 2.75) is 0 Å². The predicted octanol–water partition coefficient (Wildman–Crippen LogP) is 3.73. The first-order valence-corrected chi connectivity index (χ1v) is 8.40. The van der Waals surface area contributed by atoms with Gasteiger partial charge in [-0.15, -0.1) is 0 Å². The number of thiocarbonyl (C=S) groups is 1. The fourth-order valence-corrected chi connectivity index (χ4v) is 2.49. The van der Waals surface area contributed by atoms with Crippen LogP contribution in [0.1, 0.15) is 11.3 Å². The Labute approximate surface area is 160 Å². The van der Waals surface area contributed by atoms with Crippen LogP contribution in [-0.4, -0.2) is 20.7 Å². The van der Waals surface area contributed by atoms with Gasteiger partial charge in [0, 0.05) is 29.6 Å². The Morgan fingerprint density at radius 1 is 1.04 bits per heavy atom. The third-order valence-corrected chi connectivity index (χ3v) is 3.73. The van der Waals surface area contributed by atoms with Crippen molar-refractivity contribution in [1.29, 1.82) is 0 Å². The first kappa shape index (κ1) is 18.2. The van der Waals surface area contributed by atoms with Gasteiger partial charge in [-0.25, -0.2) is 0 Å². The maximum absolute atomic E-state index is 11.1. The van der Waals surface area contributed by atoms with E-state index < -0.39 is 4.92 Å². The lowest BCUT2D eigenvalue weighted by Crippen LogP contribution is -2.25. The molecule has 0 radical (unpaired) electrons. The highest BCUT2D eigenvalue weighted by Gasteiger charge is 2.13. The second-order valence-electron chi connectivity index (χ2n) is 5.41. The number of para-hydroxylation sites is 1. The molecule has 2 aromatic carbocycles. The molecule has 27 heavy (non-hydrogen) atoms. The molecular formula is C19H15N5O2S. The van der Waals surface area contributed by atoms with Gasteiger partial charge in [0.15, 0.2) is 5.11 Å². The Balaban J connectivity index is 1.88. The Bertz CT molecular complexity index is 978. The van der Waals surface area contributed by atoms with Crippen LogP contribution < -0.4 is 10.7 Å². The summed E-state index contributed by atoms with van der Waals surface area (Å²) in [5.41, 5.74) is 5.13. The van der Waals surface area contributed by atoms with Crippen LogP contribution in [0.25, 0.3) is 0 Å². The zero-order valence-electron chi connectivity index (χ0n) is 14.1. The van der Waals surface area contributed by atoms with Crippen molar-refractivity contribution < 1.29 is 4.92 Å². The number of hydrogen-bond acceptors (Lipinski definition) is 5. The number of pyridine rings is 1. The van der Waals surface area contributed by atoms with Crippen molar-refractivity contribution >= 4 is 34.4 Å². The largest absolute Gasteiger partial charge is 0.331 e. The van der Waals surface area contributed by atoms with E-state index in [0.717, 1.165) is 5.69 Å². The summed E-state index contributed by atoms with van der Waals surface area (Å²) < 4.78 is 0. The fraction of sp³-hybridized carbons (Fsp3) is 0. The number of hydrogen-bond donors (Lipinski definition) is 2. The van der Waals surface area contributed by atoms with Crippen molar-refractivity contribution in [2.75, 3.05) is 5.32 Å². The van der Waals surface area contributed by atoms with Crippen LogP contribution >= 0.6 is 12.2 Å². The molecule has 0 saturated heterocycles. The topological polar surface area (TPSA) is 92.5 Å². The Morgan fingerprint density at radius 2 is 1.81 bits per heavy atom. The molecule has 8 heteroatoms. The van der Waals surface area contributed by atoms with E-state index in [1.54, 1.807) is 30.5 Å². The molecule has 0 spiro atoms. The molecule has 0 saturated carbocycles. The smallest absolute Gasteiger partial charge is 0.270 e. The van der Waals surface area contributed by atoms with Gasteiger partial charge in [0.05, 0.1) is 10.6 Å². The number of nitrogens with zero attached hydrogens (tertiary/aromatic N) is 3. The van der Waals surface area contributed by atoms with Crippen LogP contribution in [0.4, 0.5) is 11.4 Å². The highest BCUT2D eigenvalue weighted by molar-refractivity contribution is 7.80. The molecule has 1 aromatic heterocycles. The van der Waals surface area contributed by atoms with Crippen LogP contribution in [0.2, 0.25) is 0 Å². The average Bonchev–Trinajstić information content (AvgIpc) is 2.70. The van der Waals surface area contributed by atoms with E-state index >= 15 is 0 Å². The molecule has 0 aliphatic heterocycles. The van der Waals surface area contributed by atoms with E-state index in [-0.39, 0.29) is 5.69 Å². The summed E-state index contributed by atoms with van der Waals surface area (Å²) in [6, 6.07) is 21.0. The number of hydrazone groups is 1. The van der Waals surface area contributed by atoms with E-state index in [1.807, 2.05) is 36.4 Å². The molecular weight excluding hydrogens is 362 g/mol. The molecule has 0 aliphatic rings. The maximum Gasteiger partial charge on any atom is 0.270 e. The van der Waals surface area contributed by atoms with Crippen LogP contribution in [-0.2, 0) is 0 Å². The van der Waals surface area contributed by atoms with Crippen LogP contribution in [0, 0.1) is 10.1 Å². The van der Waals surface area contributed by atoms with E-state index in [2.05, 4.69) is 20.8 Å². The molecule has 2 N–H and O–H groups in total. The molecule has 0 amide bonds. The third kappa shape index (κ3) is 4.93. The van der Waals surface area contributed by atoms with Gasteiger partial charge in [0.1, 0.15) is 5.71 Å². The normalized spacial score (nSPS) is 10.9. The minimum Gasteiger partial charge on any atom is -0.331 e. The SMILES string of the molecule is O=[N+]([O-])c1cccc(/C(=N\NC(=S)Nc2ccccc2)c2ccccn2)c1. The highest BCUT2D eigenvalue weighted by atomic mass is 32.1. The second-order valence-corrected chi connectivity index (χ2v) is 5.82. The molecule has 3 aromatic rings. The minimum atomic E-state index is -0.450. The number of nitro groups is 1. The van der Waals surface area contributed by atoms with Crippen molar-refractivity contribution in [3.8, 4) is 0 Å². The van der Waals surface area contributed by atoms with Gasteiger partial charge >= 0.3 is 0 Å². The summed E-state index contributed by atoms with van der Waals surface area (Å²) in [4.78, 5) is 14.9. The number of rotatable bonds is 5. The predicted molar refractivity (Wildman–Crippen MR) is 109 cm³/mol. The van der Waals surface area contributed by atoms with E-state index in [4.69, 9.17) is 12.2 Å². The summed E-state index contributed by atoms with van der Waals surface area (Å²) in [6.07, 6.45) is 1.63. The minimum absolute atomic E-state index is 0.0267. The van der Waals surface area contributed by atoms with Crippen molar-refractivity contribution in [2.24, 2.45) is 5.10 Å². The van der Waals surface area contributed by atoms with Crippen LogP contribution in [0.15, 0.2) is 84.1 Å². The lowest BCUT2D eigenvalue weighted by molar-refractivity contribution is -0.384. The number of aromatic nitrogens is 1. The standard InChI is InChI=1S/C19H15N5O2S/c25-24(26)16-10-6-7-14(13-16)18(17-11-4-5-12-20-17)22-23-19(27)21-15-8-2-1-3-9-15/h1-13H,(H2,21,23,27)/b22-18+. The molecule has 134 valence electrons. The number of nitro benzene ring substituents is 1. The van der Waals surface area contributed by atoms with Gasteiger partial charge in [0.2, 0.25) is 0 Å². The van der Waals surface area contributed by atoms with E-state index in [0.29, 0.717) is 22.1 Å². The second kappa shape index (κ2) is 8.63. The van der Waals surface area contributed by atoms with Gasteiger partial charge in [-0.1, -0.05) is 36.4 Å². The molecule has 0 bridgehead atoms. The Hall–Kier alpha value is -3.65. The Kier molecular flexibility index (Phi) is 5.80. The van der Waals surface area contributed by atoms with Crippen LogP contribution in [0.5, 0.6) is 0 Å². The van der Waals surface area contributed by atoms with Gasteiger partial charge in [-0.3, -0.25) is 20.5 Å². The van der Waals surface area contributed by atoms with Crippen LogP contribution in [0.3, 0.4) is 0 Å². The number of non-ortho nitro benzene ring substituents is 1. The molecule has 7 nitrogen and oxygen atoms in total. The van der Waals surface area contributed by atoms with Gasteiger partial charge in [-0.2, -0.15) is 5.10 Å². The summed E-state index contributed by atoms with van der Waals surface area (Å²) in [5.74, 6) is 0. The summed E-state index contributed by atoms with van der Waals surface area (Å²) in [7, 11) is 0. The van der Waals surface area contributed by atoms with Crippen molar-refractivity contribution in [3.63, 3.8) is 0 Å². The fourth-order valence-electron chi connectivity index (χ4n) is 2.33. The number of anilines is 1. The summed E-state index contributed by atoms with van der Waals surface area (Å²) in [6.45, 7) is 0. The zero-order valence-corrected chi connectivity index (χ0v) is 14.9. The summed E-state index contributed by atoms with van der Waals surface area (Å²) in [5, 5.41) is 18.7. The average molecular weight is 377 g/mol. The molecule has 0 atom stereocenters. The zero-order chi connectivity index (χ0) is 19.1. The first-order valence-electron chi connectivity index (χ1n) is 7.99. The van der Waals surface area contributed by atoms with E-state index in [1.165, 1.54) is 12.1 Å². The maximum atomic E-state index is 11.1. The molecule has 0 aliphatic carbocycles. The van der Waals surface area contributed by atoms with Crippen molar-refractivity contribution in [1.82, 2.24) is 10.4 Å². The molecule has 0 unspecified atom stereocenters. The molecule has 1 heterocycles. The lowest BCUT2D eigenvalue weighted by atomic mass is 10.1. The monoisotopic (exact) mass is 377 g/mol. The highest BCUT2D eigenvalue weighted by Crippen LogP contribution is 2.16. The quantitative estimate of drug-likeness (QED) is 0.305. The lowest BCUT2D eigenvalue weighted by Gasteiger charge is -2.10. The van der Waals surface area contributed by atoms with Gasteiger partial charge < -0.3 is 5.32 Å². The first-order chi connectivity index (χ1) is 13.1. The molecule has 3 rings (SSSR count). The van der Waals surface area contributed by atoms with Gasteiger partial charge in [0.25, 0.3) is 5.69 Å². The van der Waals surface area contributed by atoms with Gasteiger partial charge in [-0.05, 0) is 36.5 Å². The van der Waals surface area contributed by atoms with E-state index in [9.17, 15) is 10.1 Å². The number of benzene rings is 2. The Morgan fingerprint density at radius 3 is 2.52 bits per heavy atom. The van der Waals surface area contributed by atoms with Crippen molar-refractivity contribution in [3.05, 3.63) is 100 Å². The number of nitrogens with one attached hydrogen (secondary N) is 2.